The van der Waals surface area contributed by atoms with Crippen LogP contribution in [0.25, 0.3) is 0 Å². The van der Waals surface area contributed by atoms with Crippen LogP contribution >= 0.6 is 0 Å². The van der Waals surface area contributed by atoms with Crippen molar-refractivity contribution < 1.29 is 14.6 Å². The first kappa shape index (κ1) is 10.7. The van der Waals surface area contributed by atoms with Gasteiger partial charge in [0.2, 0.25) is 0 Å². The van der Waals surface area contributed by atoms with Gasteiger partial charge in [0.1, 0.15) is 0 Å². The molecule has 0 bridgehead atoms. The van der Waals surface area contributed by atoms with Crippen molar-refractivity contribution in [2.75, 3.05) is 19.8 Å². The Morgan fingerprint density at radius 2 is 1.77 bits per heavy atom. The van der Waals surface area contributed by atoms with Crippen LogP contribution in [-0.2, 0) is 9.47 Å². The van der Waals surface area contributed by atoms with Gasteiger partial charge in [0.05, 0.1) is 19.8 Å². The van der Waals surface area contributed by atoms with Crippen LogP contribution in [0.5, 0.6) is 0 Å². The highest BCUT2D eigenvalue weighted by Crippen LogP contribution is 2.29. The van der Waals surface area contributed by atoms with Crippen molar-refractivity contribution in [3.63, 3.8) is 0 Å². The molecule has 0 saturated carbocycles. The summed E-state index contributed by atoms with van der Waals surface area (Å²) in [6.07, 6.45) is 3.39. The molecule has 0 aromatic rings. The zero-order valence-electron chi connectivity index (χ0n) is 8.54. The first-order chi connectivity index (χ1) is 5.97. The van der Waals surface area contributed by atoms with Gasteiger partial charge in [0.15, 0.2) is 5.79 Å². The molecule has 1 aliphatic heterocycles. The van der Waals surface area contributed by atoms with E-state index in [1.54, 1.807) is 12.2 Å². The minimum absolute atomic E-state index is 0.0195. The highest BCUT2D eigenvalue weighted by molar-refractivity contribution is 4.96. The highest BCUT2D eigenvalue weighted by Gasteiger charge is 2.34. The van der Waals surface area contributed by atoms with E-state index >= 15 is 0 Å². The van der Waals surface area contributed by atoms with Crippen LogP contribution in [-0.4, -0.2) is 30.7 Å². The Morgan fingerprint density at radius 1 is 1.23 bits per heavy atom. The highest BCUT2D eigenvalue weighted by atomic mass is 16.7. The summed E-state index contributed by atoms with van der Waals surface area (Å²) < 4.78 is 11.1. The second-order valence-corrected chi connectivity index (χ2v) is 4.34. The van der Waals surface area contributed by atoms with Gasteiger partial charge in [-0.25, -0.2) is 0 Å². The number of ether oxygens (including phenoxy) is 2. The zero-order valence-corrected chi connectivity index (χ0v) is 8.54. The molecule has 1 aliphatic rings. The second-order valence-electron chi connectivity index (χ2n) is 4.34. The minimum Gasteiger partial charge on any atom is -0.392 e. The van der Waals surface area contributed by atoms with Gasteiger partial charge in [-0.15, -0.1) is 0 Å². The average molecular weight is 186 g/mol. The van der Waals surface area contributed by atoms with Crippen LogP contribution in [0.3, 0.4) is 0 Å². The lowest BCUT2D eigenvalue weighted by Crippen LogP contribution is -2.44. The first-order valence-corrected chi connectivity index (χ1v) is 4.54. The van der Waals surface area contributed by atoms with Crippen LogP contribution in [0, 0.1) is 5.41 Å². The lowest BCUT2D eigenvalue weighted by Gasteiger charge is -2.39. The third-order valence-corrected chi connectivity index (χ3v) is 2.03. The summed E-state index contributed by atoms with van der Waals surface area (Å²) in [5.41, 5.74) is 0.0898. The van der Waals surface area contributed by atoms with E-state index in [0.29, 0.717) is 13.2 Å². The van der Waals surface area contributed by atoms with Crippen molar-refractivity contribution in [3.05, 3.63) is 12.2 Å². The number of aliphatic hydroxyl groups excluding tert-OH is 1. The molecule has 0 unspecified atom stereocenters. The van der Waals surface area contributed by atoms with Gasteiger partial charge in [-0.1, -0.05) is 19.9 Å². The molecule has 0 amide bonds. The van der Waals surface area contributed by atoms with E-state index in [4.69, 9.17) is 14.6 Å². The number of aliphatic hydroxyl groups is 1. The fourth-order valence-corrected chi connectivity index (χ4v) is 1.12. The molecular formula is C10H18O3. The molecule has 0 aromatic carbocycles. The molecule has 1 saturated heterocycles. The molecule has 0 aromatic heterocycles. The zero-order chi connectivity index (χ0) is 9.95. The van der Waals surface area contributed by atoms with Gasteiger partial charge in [0.25, 0.3) is 0 Å². The molecule has 76 valence electrons. The van der Waals surface area contributed by atoms with Crippen molar-refractivity contribution in [2.24, 2.45) is 5.41 Å². The van der Waals surface area contributed by atoms with Gasteiger partial charge in [-0.05, 0) is 13.0 Å². The standard InChI is InChI=1S/C10H18O3/c1-9(2)7-12-10(3,13-8-9)5-4-6-11/h4-5,11H,6-8H2,1-3H3/b5-4+. The van der Waals surface area contributed by atoms with Gasteiger partial charge < -0.3 is 14.6 Å². The number of hydrogen-bond acceptors (Lipinski definition) is 3. The molecule has 0 radical (unpaired) electrons. The molecule has 0 spiro atoms. The van der Waals surface area contributed by atoms with Crippen molar-refractivity contribution in [2.45, 2.75) is 26.6 Å². The maximum absolute atomic E-state index is 8.62. The van der Waals surface area contributed by atoms with E-state index in [0.717, 1.165) is 0 Å². The van der Waals surface area contributed by atoms with Crippen LogP contribution < -0.4 is 0 Å². The van der Waals surface area contributed by atoms with Crippen molar-refractivity contribution in [1.29, 1.82) is 0 Å². The quantitative estimate of drug-likeness (QED) is 0.661. The average Bonchev–Trinajstić information content (AvgIpc) is 2.08. The Labute approximate surface area is 79.3 Å². The molecule has 1 fully saturated rings. The van der Waals surface area contributed by atoms with Crippen LogP contribution in [0.2, 0.25) is 0 Å². The SMILES string of the molecule is CC1(C)COC(C)(/C=C/CO)OC1. The summed E-state index contributed by atoms with van der Waals surface area (Å²) in [6, 6.07) is 0. The summed E-state index contributed by atoms with van der Waals surface area (Å²) in [7, 11) is 0. The molecule has 0 atom stereocenters. The largest absolute Gasteiger partial charge is 0.392 e. The molecule has 13 heavy (non-hydrogen) atoms. The van der Waals surface area contributed by atoms with Gasteiger partial charge in [-0.3, -0.25) is 0 Å². The van der Waals surface area contributed by atoms with E-state index in [9.17, 15) is 0 Å². The van der Waals surface area contributed by atoms with E-state index in [1.165, 1.54) is 0 Å². The van der Waals surface area contributed by atoms with Crippen LogP contribution in [0.4, 0.5) is 0 Å². The third-order valence-electron chi connectivity index (χ3n) is 2.03. The maximum atomic E-state index is 8.62. The Kier molecular flexibility index (Phi) is 3.11. The summed E-state index contributed by atoms with van der Waals surface area (Å²) in [5, 5.41) is 8.62. The summed E-state index contributed by atoms with van der Waals surface area (Å²) >= 11 is 0. The normalized spacial score (nSPS) is 26.5. The van der Waals surface area contributed by atoms with Gasteiger partial charge in [-0.2, -0.15) is 0 Å². The van der Waals surface area contributed by atoms with Crippen LogP contribution in [0.15, 0.2) is 12.2 Å². The number of hydrogen-bond donors (Lipinski definition) is 1. The Hall–Kier alpha value is -0.380. The summed E-state index contributed by atoms with van der Waals surface area (Å²) in [5.74, 6) is -0.655. The maximum Gasteiger partial charge on any atom is 0.185 e. The predicted molar refractivity (Wildman–Crippen MR) is 50.3 cm³/mol. The van der Waals surface area contributed by atoms with E-state index in [1.807, 2.05) is 6.92 Å². The Bertz CT molecular complexity index is 186. The Morgan fingerprint density at radius 3 is 2.23 bits per heavy atom. The molecule has 3 nitrogen and oxygen atoms in total. The Balaban J connectivity index is 2.51. The fourth-order valence-electron chi connectivity index (χ4n) is 1.12. The fraction of sp³-hybridized carbons (Fsp3) is 0.800. The smallest absolute Gasteiger partial charge is 0.185 e. The van der Waals surface area contributed by atoms with E-state index < -0.39 is 5.79 Å². The monoisotopic (exact) mass is 186 g/mol. The van der Waals surface area contributed by atoms with Crippen molar-refractivity contribution >= 4 is 0 Å². The molecule has 1 rings (SSSR count). The number of rotatable bonds is 2. The van der Waals surface area contributed by atoms with E-state index in [2.05, 4.69) is 13.8 Å². The lowest BCUT2D eigenvalue weighted by molar-refractivity contribution is -0.262. The first-order valence-electron chi connectivity index (χ1n) is 4.54. The molecule has 3 heteroatoms. The molecule has 1 N–H and O–H groups in total. The minimum atomic E-state index is -0.655. The van der Waals surface area contributed by atoms with E-state index in [-0.39, 0.29) is 12.0 Å². The summed E-state index contributed by atoms with van der Waals surface area (Å²) in [6.45, 7) is 7.43. The van der Waals surface area contributed by atoms with Crippen molar-refractivity contribution in [3.8, 4) is 0 Å². The molecule has 0 aliphatic carbocycles. The molecular weight excluding hydrogens is 168 g/mol. The molecule has 1 heterocycles. The second kappa shape index (κ2) is 3.78. The third kappa shape index (κ3) is 3.10. The van der Waals surface area contributed by atoms with Crippen molar-refractivity contribution in [1.82, 2.24) is 0 Å². The van der Waals surface area contributed by atoms with Crippen LogP contribution in [0.1, 0.15) is 20.8 Å². The lowest BCUT2D eigenvalue weighted by atomic mass is 9.95. The summed E-state index contributed by atoms with van der Waals surface area (Å²) in [4.78, 5) is 0. The van der Waals surface area contributed by atoms with Gasteiger partial charge in [0, 0.05) is 5.41 Å². The topological polar surface area (TPSA) is 38.7 Å². The van der Waals surface area contributed by atoms with Gasteiger partial charge >= 0.3 is 0 Å². The predicted octanol–water partition coefficient (Wildman–Crippen LogP) is 1.32.